The van der Waals surface area contributed by atoms with Gasteiger partial charge in [0.1, 0.15) is 0 Å². The van der Waals surface area contributed by atoms with Crippen LogP contribution in [0.25, 0.3) is 0 Å². The van der Waals surface area contributed by atoms with Gasteiger partial charge in [-0.15, -0.1) is 0 Å². The van der Waals surface area contributed by atoms with Crippen molar-refractivity contribution >= 4 is 54.5 Å². The normalized spacial score (nSPS) is 11.9. The number of rotatable bonds is 9. The van der Waals surface area contributed by atoms with Gasteiger partial charge in [-0.2, -0.15) is 13.2 Å². The number of carbonyl (C=O) groups is 3. The van der Waals surface area contributed by atoms with Crippen LogP contribution in [-0.4, -0.2) is 38.1 Å². The maximum Gasteiger partial charge on any atom is 0.417 e. The summed E-state index contributed by atoms with van der Waals surface area (Å²) in [5.74, 6) is -0.207. The monoisotopic (exact) mass is 1030 g/mol. The fourth-order valence-electron chi connectivity index (χ4n) is 8.09. The highest BCUT2D eigenvalue weighted by atomic mass is 19.4. The third-order valence-electron chi connectivity index (χ3n) is 11.8. The lowest BCUT2D eigenvalue weighted by molar-refractivity contribution is -0.137. The second-order valence-electron chi connectivity index (χ2n) is 16.5. The summed E-state index contributed by atoms with van der Waals surface area (Å²) in [4.78, 5) is 36.9. The third kappa shape index (κ3) is 20.3. The molecule has 12 heteroatoms. The Balaban J connectivity index is 0.000000511. The number of halogens is 3. The third-order valence-corrected chi connectivity index (χ3v) is 11.8. The Morgan fingerprint density at radius 2 is 0.800 bits per heavy atom. The average Bonchev–Trinajstić information content (AvgIpc) is 4.14. The highest BCUT2D eigenvalue weighted by Crippen LogP contribution is 2.32. The smallest absolute Gasteiger partial charge is 0.417 e. The minimum Gasteiger partial charge on any atom is -0.427 e. The van der Waals surface area contributed by atoms with Crippen molar-refractivity contribution in [2.75, 3.05) is 0 Å². The van der Waals surface area contributed by atoms with Crippen LogP contribution in [0.15, 0.2) is 127 Å². The standard InChI is InChI=1S/C17H14BF3O2.2C17H17BO2.6C2H6/c1-18-15-8-11(6-7-12(15)10-23-18)9-16(22)13-4-2-3-5-14(13)17(19,20)21;1-12-3-6-14(7-4-12)17(19)10-13-5-8-15-11-20-18(2)16(15)9-13;1-12-4-3-5-14(8-12)17(19)10-13-6-7-15-11-20-18(2)16(15)9-13;6*1-2/h2-8H,9-10H2,1H3;2*3-9H,10-11H2,1-2H3;6*1-2H3. The molecule has 0 N–H and O–H groups in total. The van der Waals surface area contributed by atoms with E-state index in [0.717, 1.165) is 44.9 Å². The molecule has 0 saturated carbocycles. The van der Waals surface area contributed by atoms with E-state index in [0.29, 0.717) is 38.2 Å². The molecule has 3 aliphatic heterocycles. The quantitative estimate of drug-likeness (QED) is 0.106. The molecule has 0 fully saturated rings. The summed E-state index contributed by atoms with van der Waals surface area (Å²) in [7, 11) is 0. The molecule has 0 saturated heterocycles. The van der Waals surface area contributed by atoms with E-state index >= 15 is 0 Å². The lowest BCUT2D eigenvalue weighted by Crippen LogP contribution is -2.25. The minimum atomic E-state index is -4.54. The van der Waals surface area contributed by atoms with Crippen molar-refractivity contribution in [2.24, 2.45) is 0 Å². The lowest BCUT2D eigenvalue weighted by atomic mass is 9.64. The van der Waals surface area contributed by atoms with Crippen molar-refractivity contribution in [1.29, 1.82) is 0 Å². The van der Waals surface area contributed by atoms with Gasteiger partial charge in [0.05, 0.1) is 25.4 Å². The Labute approximate surface area is 450 Å². The average molecular weight is 1030 g/mol. The Morgan fingerprint density at radius 1 is 0.427 bits per heavy atom. The molecule has 0 unspecified atom stereocenters. The molecule has 0 radical (unpaired) electrons. The van der Waals surface area contributed by atoms with Crippen molar-refractivity contribution in [3.63, 3.8) is 0 Å². The van der Waals surface area contributed by atoms with Crippen LogP contribution in [0.2, 0.25) is 20.5 Å². The van der Waals surface area contributed by atoms with Crippen molar-refractivity contribution in [2.45, 2.75) is 163 Å². The lowest BCUT2D eigenvalue weighted by Gasteiger charge is -2.12. The van der Waals surface area contributed by atoms with Crippen LogP contribution in [-0.2, 0) is 59.2 Å². The van der Waals surface area contributed by atoms with Crippen LogP contribution in [0.3, 0.4) is 0 Å². The molecule has 0 aromatic heterocycles. The molecule has 0 spiro atoms. The first-order valence-corrected chi connectivity index (χ1v) is 27.2. The van der Waals surface area contributed by atoms with Crippen LogP contribution in [0.1, 0.15) is 164 Å². The SMILES string of the molecule is CB1OCc2ccc(CC(=O)c3ccc(C)cc3)cc21.CB1OCc2ccc(CC(=O)c3cccc(C)c3)cc21.CB1OCc2ccc(CC(=O)c3ccccc3C(F)(F)F)cc21.CC.CC.CC.CC.CC.CC. The topological polar surface area (TPSA) is 78.9 Å². The van der Waals surface area contributed by atoms with Gasteiger partial charge in [0.2, 0.25) is 0 Å². The summed E-state index contributed by atoms with van der Waals surface area (Å²) in [5, 5.41) is 0. The Kier molecular flexibility index (Phi) is 31.8. The summed E-state index contributed by atoms with van der Waals surface area (Å²) < 4.78 is 55.7. The van der Waals surface area contributed by atoms with Gasteiger partial charge in [0, 0.05) is 36.0 Å². The fourth-order valence-corrected chi connectivity index (χ4v) is 8.09. The predicted molar refractivity (Wildman–Crippen MR) is 313 cm³/mol. The number of Topliss-reactive ketones (excluding diaryl/α,β-unsaturated/α-hetero) is 3. The van der Waals surface area contributed by atoms with Gasteiger partial charge in [-0.1, -0.05) is 230 Å². The van der Waals surface area contributed by atoms with E-state index in [4.69, 9.17) is 14.0 Å². The number of hydrogen-bond donors (Lipinski definition) is 0. The van der Waals surface area contributed by atoms with E-state index in [9.17, 15) is 27.6 Å². The number of aryl methyl sites for hydroxylation is 2. The Morgan fingerprint density at radius 3 is 1.19 bits per heavy atom. The summed E-state index contributed by atoms with van der Waals surface area (Å²) in [5.41, 5.74) is 12.5. The molecule has 0 aliphatic carbocycles. The Bertz CT molecular complexity index is 2650. The van der Waals surface area contributed by atoms with Crippen LogP contribution < -0.4 is 16.4 Å². The zero-order valence-corrected chi connectivity index (χ0v) is 48.2. The van der Waals surface area contributed by atoms with Crippen molar-refractivity contribution in [3.05, 3.63) is 194 Å². The van der Waals surface area contributed by atoms with Gasteiger partial charge < -0.3 is 14.0 Å². The predicted octanol–water partition coefficient (Wildman–Crippen LogP) is 15.2. The Hall–Kier alpha value is -5.81. The highest BCUT2D eigenvalue weighted by Gasteiger charge is 2.35. The van der Waals surface area contributed by atoms with Gasteiger partial charge in [-0.3, -0.25) is 14.4 Å². The zero-order chi connectivity index (χ0) is 56.8. The van der Waals surface area contributed by atoms with Crippen molar-refractivity contribution < 1.29 is 41.5 Å². The van der Waals surface area contributed by atoms with E-state index in [-0.39, 0.29) is 44.3 Å². The fraction of sp³-hybridized carbons (Fsp3) is 0.381. The van der Waals surface area contributed by atoms with Gasteiger partial charge >= 0.3 is 26.9 Å². The van der Waals surface area contributed by atoms with Crippen molar-refractivity contribution in [1.82, 2.24) is 0 Å². The van der Waals surface area contributed by atoms with Crippen LogP contribution >= 0.6 is 0 Å². The summed E-state index contributed by atoms with van der Waals surface area (Å²) in [6.07, 6.45) is -3.70. The number of hydrogen-bond acceptors (Lipinski definition) is 6. The van der Waals surface area contributed by atoms with Crippen LogP contribution in [0, 0.1) is 13.8 Å². The summed E-state index contributed by atoms with van der Waals surface area (Å²) in [6.45, 7) is 36.2. The van der Waals surface area contributed by atoms with E-state index in [1.165, 1.54) is 45.8 Å². The van der Waals surface area contributed by atoms with E-state index < -0.39 is 17.5 Å². The molecule has 9 rings (SSSR count). The molecular formula is C63H84B3F3O6. The van der Waals surface area contributed by atoms with Crippen molar-refractivity contribution in [3.8, 4) is 0 Å². The number of benzene rings is 6. The first-order chi connectivity index (χ1) is 36.1. The molecular weight excluding hydrogens is 942 g/mol. The van der Waals surface area contributed by atoms with Gasteiger partial charge in [0.25, 0.3) is 0 Å². The molecule has 75 heavy (non-hydrogen) atoms. The zero-order valence-electron chi connectivity index (χ0n) is 48.2. The van der Waals surface area contributed by atoms with Crippen LogP contribution in [0.5, 0.6) is 0 Å². The summed E-state index contributed by atoms with van der Waals surface area (Å²) >= 11 is 0. The molecule has 3 aliphatic rings. The van der Waals surface area contributed by atoms with Gasteiger partial charge in [-0.25, -0.2) is 0 Å². The molecule has 6 aromatic rings. The van der Waals surface area contributed by atoms with E-state index in [1.54, 1.807) is 6.07 Å². The number of ketones is 3. The molecule has 0 bridgehead atoms. The molecule has 3 heterocycles. The first kappa shape index (κ1) is 67.2. The minimum absolute atomic E-state index is 0.0532. The molecule has 0 atom stereocenters. The number of fused-ring (bicyclic) bond motifs is 3. The molecule has 6 aromatic carbocycles. The largest absolute Gasteiger partial charge is 0.427 e. The maximum absolute atomic E-state index is 13.0. The van der Waals surface area contributed by atoms with Gasteiger partial charge in [-0.05, 0) is 75.7 Å². The molecule has 6 nitrogen and oxygen atoms in total. The second kappa shape index (κ2) is 35.5. The molecule has 0 amide bonds. The highest BCUT2D eigenvalue weighted by molar-refractivity contribution is 6.68. The second-order valence-corrected chi connectivity index (χ2v) is 16.5. The van der Waals surface area contributed by atoms with Crippen LogP contribution in [0.4, 0.5) is 13.2 Å². The number of carbonyl (C=O) groups excluding carboxylic acids is 3. The summed E-state index contributed by atoms with van der Waals surface area (Å²) in [6, 6.07) is 38.4. The van der Waals surface area contributed by atoms with E-state index in [2.05, 4.69) is 37.9 Å². The number of alkyl halides is 3. The van der Waals surface area contributed by atoms with E-state index in [1.807, 2.05) is 177 Å². The maximum atomic E-state index is 13.0. The molecule has 402 valence electrons. The van der Waals surface area contributed by atoms with Gasteiger partial charge in [0.15, 0.2) is 17.3 Å². The first-order valence-electron chi connectivity index (χ1n) is 27.2.